The van der Waals surface area contributed by atoms with Crippen LogP contribution in [-0.4, -0.2) is 25.9 Å². The molecule has 0 heterocycles. The van der Waals surface area contributed by atoms with Crippen LogP contribution >= 0.6 is 7.80 Å². The Morgan fingerprint density at radius 3 is 1.72 bits per heavy atom. The molecule has 2 rings (SSSR count). The van der Waals surface area contributed by atoms with Crippen LogP contribution in [0.1, 0.15) is 80.1 Å². The van der Waals surface area contributed by atoms with E-state index >= 15 is 0 Å². The van der Waals surface area contributed by atoms with Crippen molar-refractivity contribution in [2.45, 2.75) is 70.6 Å². The van der Waals surface area contributed by atoms with Crippen molar-refractivity contribution in [3.63, 3.8) is 0 Å². The maximum Gasteiger partial charge on any atom is 0.225 e. The Morgan fingerprint density at radius 1 is 0.688 bits per heavy atom. The number of hydrogen-bond donors (Lipinski definition) is 0. The fraction of sp³-hybridized carbons (Fsp3) is 0.519. The van der Waals surface area contributed by atoms with Crippen LogP contribution in [0.3, 0.4) is 0 Å². The Bertz CT molecular complexity index is 797. The summed E-state index contributed by atoms with van der Waals surface area (Å²) < 4.78 is 23.1. The third-order valence-corrected chi connectivity index (χ3v) is 7.43. The molecular formula is C27H39O4P. The van der Waals surface area contributed by atoms with Crippen molar-refractivity contribution < 1.29 is 18.8 Å². The van der Waals surface area contributed by atoms with Crippen molar-refractivity contribution in [2.75, 3.05) is 20.4 Å². The molecule has 176 valence electrons. The summed E-state index contributed by atoms with van der Waals surface area (Å²) >= 11 is 0. The Labute approximate surface area is 194 Å². The smallest absolute Gasteiger partial charge is 0.225 e. The van der Waals surface area contributed by atoms with Gasteiger partial charge in [0.15, 0.2) is 0 Å². The molecule has 2 aromatic rings. The lowest BCUT2D eigenvalue weighted by molar-refractivity contribution is 0.107. The molecule has 4 nitrogen and oxygen atoms in total. The van der Waals surface area contributed by atoms with Gasteiger partial charge in [-0.1, -0.05) is 87.8 Å². The first-order chi connectivity index (χ1) is 15.7. The van der Waals surface area contributed by atoms with E-state index in [1.54, 1.807) is 18.2 Å². The minimum Gasteiger partial charge on any atom is -0.496 e. The van der Waals surface area contributed by atoms with Crippen LogP contribution in [0.15, 0.2) is 48.5 Å². The minimum absolute atomic E-state index is 0.310. The molecule has 0 aliphatic rings. The molecule has 0 spiro atoms. The monoisotopic (exact) mass is 458 g/mol. The zero-order valence-electron chi connectivity index (χ0n) is 19.7. The number of carbonyl (C=O) groups excluding carboxylic acids is 1. The van der Waals surface area contributed by atoms with E-state index < -0.39 is 7.80 Å². The summed E-state index contributed by atoms with van der Waals surface area (Å²) in [6.07, 6.45) is 13.7. The third-order valence-electron chi connectivity index (χ3n) is 5.87. The molecule has 0 amide bonds. The Balaban J connectivity index is 1.50. The summed E-state index contributed by atoms with van der Waals surface area (Å²) in [5.74, 6) is 0.848. The van der Waals surface area contributed by atoms with E-state index in [4.69, 9.17) is 9.47 Å². The standard InChI is InChI=1S/C27H39O4P/c1-30-24-20-16-21-25(31-2)26(24)27(28)32(29)22-15-10-8-6-4-3-5-7-9-12-17-23-18-13-11-14-19-23/h11,13-14,16,18-21,32H,3-10,12,15,17,22H2,1-2H3. The molecule has 1 atom stereocenters. The molecule has 0 N–H and O–H groups in total. The maximum atomic E-state index is 12.7. The van der Waals surface area contributed by atoms with Crippen molar-refractivity contribution in [2.24, 2.45) is 0 Å². The Kier molecular flexibility index (Phi) is 12.8. The lowest BCUT2D eigenvalue weighted by Crippen LogP contribution is -2.03. The predicted octanol–water partition coefficient (Wildman–Crippen LogP) is 7.55. The third kappa shape index (κ3) is 9.20. The maximum absolute atomic E-state index is 12.7. The van der Waals surface area contributed by atoms with E-state index in [9.17, 15) is 9.36 Å². The lowest BCUT2D eigenvalue weighted by atomic mass is 10.0. The van der Waals surface area contributed by atoms with Gasteiger partial charge in [0.25, 0.3) is 0 Å². The van der Waals surface area contributed by atoms with Crippen molar-refractivity contribution in [1.29, 1.82) is 0 Å². The topological polar surface area (TPSA) is 52.6 Å². The van der Waals surface area contributed by atoms with Gasteiger partial charge in [-0.05, 0) is 37.0 Å². The molecule has 0 aliphatic carbocycles. The molecule has 0 saturated carbocycles. The van der Waals surface area contributed by atoms with E-state index in [1.807, 2.05) is 0 Å². The molecule has 0 aromatic heterocycles. The number of hydrogen-bond acceptors (Lipinski definition) is 4. The summed E-state index contributed by atoms with van der Waals surface area (Å²) in [5.41, 5.74) is 1.42. The quantitative estimate of drug-likeness (QED) is 0.181. The van der Waals surface area contributed by atoms with Crippen molar-refractivity contribution in [1.82, 2.24) is 0 Å². The molecule has 2 aromatic carbocycles. The highest BCUT2D eigenvalue weighted by Crippen LogP contribution is 2.37. The van der Waals surface area contributed by atoms with Crippen molar-refractivity contribution >= 4 is 13.3 Å². The van der Waals surface area contributed by atoms with Crippen LogP contribution in [0.5, 0.6) is 11.5 Å². The van der Waals surface area contributed by atoms with Gasteiger partial charge in [-0.15, -0.1) is 0 Å². The van der Waals surface area contributed by atoms with E-state index in [0.717, 1.165) is 19.3 Å². The van der Waals surface area contributed by atoms with Crippen molar-refractivity contribution in [3.8, 4) is 11.5 Å². The predicted molar refractivity (Wildman–Crippen MR) is 134 cm³/mol. The molecule has 0 aliphatic heterocycles. The average Bonchev–Trinajstić information content (AvgIpc) is 2.84. The first kappa shape index (κ1) is 26.2. The second-order valence-electron chi connectivity index (χ2n) is 8.31. The zero-order chi connectivity index (χ0) is 23.0. The van der Waals surface area contributed by atoms with Crippen molar-refractivity contribution in [3.05, 3.63) is 59.7 Å². The second-order valence-corrected chi connectivity index (χ2v) is 10.1. The van der Waals surface area contributed by atoms with Crippen LogP contribution in [0.25, 0.3) is 0 Å². The van der Waals surface area contributed by atoms with Gasteiger partial charge in [-0.25, -0.2) is 0 Å². The summed E-state index contributed by atoms with van der Waals surface area (Å²) in [6, 6.07) is 15.9. The van der Waals surface area contributed by atoms with Gasteiger partial charge in [0.2, 0.25) is 5.52 Å². The van der Waals surface area contributed by atoms with Gasteiger partial charge in [-0.3, -0.25) is 4.79 Å². The summed E-state index contributed by atoms with van der Waals surface area (Å²) in [7, 11) is 0.653. The SMILES string of the molecule is COc1cccc(OC)c1C(=O)[PH](=O)CCCCCCCCCCCCc1ccccc1. The molecule has 0 saturated heterocycles. The molecule has 5 heteroatoms. The lowest BCUT2D eigenvalue weighted by Gasteiger charge is -2.11. The Hall–Kier alpha value is -2.06. The summed E-state index contributed by atoms with van der Waals surface area (Å²) in [4.78, 5) is 12.7. The van der Waals surface area contributed by atoms with Gasteiger partial charge in [0.05, 0.1) is 14.2 Å². The van der Waals surface area contributed by atoms with Crippen LogP contribution in [0.4, 0.5) is 0 Å². The first-order valence-corrected chi connectivity index (χ1v) is 13.6. The molecule has 0 fully saturated rings. The molecule has 1 unspecified atom stereocenters. The molecule has 0 bridgehead atoms. The number of ether oxygens (including phenoxy) is 2. The van der Waals surface area contributed by atoms with E-state index in [2.05, 4.69) is 30.3 Å². The highest BCUT2D eigenvalue weighted by atomic mass is 31.1. The molecule has 0 radical (unpaired) electrons. The largest absolute Gasteiger partial charge is 0.496 e. The van der Waals surface area contributed by atoms with Crippen LogP contribution in [-0.2, 0) is 11.0 Å². The summed E-state index contributed by atoms with van der Waals surface area (Å²) in [6.45, 7) is 0. The van der Waals surface area contributed by atoms with E-state index in [-0.39, 0.29) is 5.52 Å². The van der Waals surface area contributed by atoms with E-state index in [0.29, 0.717) is 23.2 Å². The number of carbonyl (C=O) groups is 1. The Morgan fingerprint density at radius 2 is 1.19 bits per heavy atom. The second kappa shape index (κ2) is 15.7. The summed E-state index contributed by atoms with van der Waals surface area (Å²) in [5, 5.41) is 0. The van der Waals surface area contributed by atoms with Gasteiger partial charge in [0.1, 0.15) is 24.9 Å². The number of benzene rings is 2. The normalized spacial score (nSPS) is 11.8. The van der Waals surface area contributed by atoms with Gasteiger partial charge in [0, 0.05) is 6.16 Å². The van der Waals surface area contributed by atoms with Crippen LogP contribution in [0.2, 0.25) is 0 Å². The first-order valence-electron chi connectivity index (χ1n) is 12.0. The minimum atomic E-state index is -2.36. The zero-order valence-corrected chi connectivity index (χ0v) is 20.7. The molecular weight excluding hydrogens is 419 g/mol. The number of methoxy groups -OCH3 is 2. The van der Waals surface area contributed by atoms with Gasteiger partial charge in [-0.2, -0.15) is 0 Å². The number of aryl methyl sites for hydroxylation is 1. The average molecular weight is 459 g/mol. The fourth-order valence-electron chi connectivity index (χ4n) is 4.00. The van der Waals surface area contributed by atoms with Crippen LogP contribution < -0.4 is 9.47 Å². The molecule has 32 heavy (non-hydrogen) atoms. The highest BCUT2D eigenvalue weighted by Gasteiger charge is 2.22. The number of rotatable bonds is 17. The highest BCUT2D eigenvalue weighted by molar-refractivity contribution is 7.64. The van der Waals surface area contributed by atoms with Gasteiger partial charge >= 0.3 is 0 Å². The number of unbranched alkanes of at least 4 members (excludes halogenated alkanes) is 9. The van der Waals surface area contributed by atoms with Crippen LogP contribution in [0, 0.1) is 0 Å². The van der Waals surface area contributed by atoms with Gasteiger partial charge < -0.3 is 14.0 Å². The fourth-order valence-corrected chi connectivity index (χ4v) is 5.32. The van der Waals surface area contributed by atoms with E-state index in [1.165, 1.54) is 71.1 Å².